The summed E-state index contributed by atoms with van der Waals surface area (Å²) >= 11 is 0. The van der Waals surface area contributed by atoms with Crippen LogP contribution in [-0.2, 0) is 6.54 Å². The first-order chi connectivity index (χ1) is 15.6. The number of pyridine rings is 1. The zero-order valence-corrected chi connectivity index (χ0v) is 19.0. The number of rotatable bonds is 9. The Kier molecular flexibility index (Phi) is 7.58. The molecule has 0 amide bonds. The highest BCUT2D eigenvalue weighted by molar-refractivity contribution is 5.79. The topological polar surface area (TPSA) is 58.1 Å². The summed E-state index contributed by atoms with van der Waals surface area (Å²) < 4.78 is 12.2. The summed E-state index contributed by atoms with van der Waals surface area (Å²) in [6.45, 7) is 3.91. The largest absolute Gasteiger partial charge is 0.493 e. The van der Waals surface area contributed by atoms with E-state index in [1.54, 1.807) is 6.20 Å². The standard InChI is InChI=1S/C26H33N3O3/c1-28(2)14-6-16-31-25-9-4-3-7-21(25)18-29-15-12-26(24(30)19-29)32-22-11-10-20-8-5-13-27-23(20)17-22/h3-5,7-11,13,17,24,26,30H,6,12,14-16,18-19H2,1-2H3/t24-,26-/m1/s1. The number of aliphatic hydroxyl groups excluding tert-OH is 1. The van der Waals surface area contributed by atoms with Gasteiger partial charge in [-0.2, -0.15) is 0 Å². The van der Waals surface area contributed by atoms with Crippen LogP contribution in [0.4, 0.5) is 0 Å². The van der Waals surface area contributed by atoms with Crippen LogP contribution in [0.2, 0.25) is 0 Å². The summed E-state index contributed by atoms with van der Waals surface area (Å²) in [6, 6.07) is 18.1. The fourth-order valence-electron chi connectivity index (χ4n) is 4.13. The van der Waals surface area contributed by atoms with Crippen molar-refractivity contribution in [2.24, 2.45) is 0 Å². The number of aromatic nitrogens is 1. The molecule has 1 aliphatic heterocycles. The zero-order valence-electron chi connectivity index (χ0n) is 19.0. The van der Waals surface area contributed by atoms with E-state index in [2.05, 4.69) is 34.9 Å². The van der Waals surface area contributed by atoms with Crippen molar-refractivity contribution < 1.29 is 14.6 Å². The van der Waals surface area contributed by atoms with Gasteiger partial charge in [-0.3, -0.25) is 9.88 Å². The molecule has 1 N–H and O–H groups in total. The van der Waals surface area contributed by atoms with Crippen LogP contribution in [0.25, 0.3) is 10.9 Å². The van der Waals surface area contributed by atoms with Crippen molar-refractivity contribution in [1.29, 1.82) is 0 Å². The predicted octanol–water partition coefficient (Wildman–Crippen LogP) is 3.58. The number of benzene rings is 2. The van der Waals surface area contributed by atoms with Gasteiger partial charge in [0.15, 0.2) is 0 Å². The molecule has 3 aromatic rings. The summed E-state index contributed by atoms with van der Waals surface area (Å²) in [6.07, 6.45) is 2.78. The molecule has 0 saturated carbocycles. The lowest BCUT2D eigenvalue weighted by molar-refractivity contribution is -0.0276. The molecule has 4 rings (SSSR count). The van der Waals surface area contributed by atoms with E-state index in [0.717, 1.165) is 60.4 Å². The van der Waals surface area contributed by atoms with Crippen molar-refractivity contribution in [1.82, 2.24) is 14.8 Å². The smallest absolute Gasteiger partial charge is 0.127 e. The van der Waals surface area contributed by atoms with Crippen molar-refractivity contribution in [3.63, 3.8) is 0 Å². The fourth-order valence-corrected chi connectivity index (χ4v) is 4.13. The van der Waals surface area contributed by atoms with Gasteiger partial charge >= 0.3 is 0 Å². The molecule has 2 aromatic carbocycles. The Bertz CT molecular complexity index is 1010. The maximum absolute atomic E-state index is 10.8. The molecule has 0 unspecified atom stereocenters. The van der Waals surface area contributed by atoms with E-state index in [1.807, 2.05) is 48.5 Å². The average Bonchev–Trinajstić information content (AvgIpc) is 2.79. The normalized spacial score (nSPS) is 19.4. The summed E-state index contributed by atoms with van der Waals surface area (Å²) in [5, 5.41) is 11.8. The van der Waals surface area contributed by atoms with E-state index < -0.39 is 6.10 Å². The SMILES string of the molecule is CN(C)CCCOc1ccccc1CN1CC[C@@H](Oc2ccc3cccnc3c2)[C@H](O)C1. The molecule has 1 aromatic heterocycles. The minimum atomic E-state index is -0.545. The predicted molar refractivity (Wildman–Crippen MR) is 127 cm³/mol. The van der Waals surface area contributed by atoms with Crippen LogP contribution < -0.4 is 9.47 Å². The Morgan fingerprint density at radius 3 is 2.84 bits per heavy atom. The molecule has 170 valence electrons. The molecule has 0 aliphatic carbocycles. The highest BCUT2D eigenvalue weighted by atomic mass is 16.5. The Labute approximate surface area is 190 Å². The second-order valence-electron chi connectivity index (χ2n) is 8.72. The number of β-amino-alcohol motifs (C(OH)–C–C–N with tert-alkyl or cyclic N) is 1. The first-order valence-electron chi connectivity index (χ1n) is 11.4. The number of fused-ring (bicyclic) bond motifs is 1. The second-order valence-corrected chi connectivity index (χ2v) is 8.72. The summed E-state index contributed by atoms with van der Waals surface area (Å²) in [5.41, 5.74) is 2.06. The van der Waals surface area contributed by atoms with Crippen LogP contribution in [0.3, 0.4) is 0 Å². The molecule has 0 radical (unpaired) electrons. The van der Waals surface area contributed by atoms with Gasteiger partial charge in [-0.05, 0) is 51.2 Å². The molecule has 32 heavy (non-hydrogen) atoms. The van der Waals surface area contributed by atoms with Gasteiger partial charge in [0.2, 0.25) is 0 Å². The fraction of sp³-hybridized carbons (Fsp3) is 0.423. The van der Waals surface area contributed by atoms with Crippen LogP contribution in [0.15, 0.2) is 60.8 Å². The van der Waals surface area contributed by atoms with Gasteiger partial charge in [-0.1, -0.05) is 24.3 Å². The number of nitrogens with zero attached hydrogens (tertiary/aromatic N) is 3. The van der Waals surface area contributed by atoms with Crippen LogP contribution >= 0.6 is 0 Å². The molecular weight excluding hydrogens is 402 g/mol. The van der Waals surface area contributed by atoms with Gasteiger partial charge in [0.05, 0.1) is 12.1 Å². The Morgan fingerprint density at radius 2 is 2.00 bits per heavy atom. The van der Waals surface area contributed by atoms with Crippen LogP contribution in [0.5, 0.6) is 11.5 Å². The van der Waals surface area contributed by atoms with E-state index in [4.69, 9.17) is 9.47 Å². The van der Waals surface area contributed by atoms with Gasteiger partial charge in [-0.15, -0.1) is 0 Å². The van der Waals surface area contributed by atoms with E-state index >= 15 is 0 Å². The van der Waals surface area contributed by atoms with Gasteiger partial charge in [0, 0.05) is 49.4 Å². The number of piperidine rings is 1. The Morgan fingerprint density at radius 1 is 1.12 bits per heavy atom. The molecule has 1 saturated heterocycles. The van der Waals surface area contributed by atoms with E-state index in [0.29, 0.717) is 13.2 Å². The monoisotopic (exact) mass is 435 g/mol. The molecule has 6 nitrogen and oxygen atoms in total. The molecular formula is C26H33N3O3. The Balaban J connectivity index is 1.31. The maximum atomic E-state index is 10.8. The highest BCUT2D eigenvalue weighted by Gasteiger charge is 2.29. The molecule has 2 heterocycles. The lowest BCUT2D eigenvalue weighted by atomic mass is 10.0. The number of para-hydroxylation sites is 1. The lowest BCUT2D eigenvalue weighted by Gasteiger charge is -2.36. The molecule has 6 heteroatoms. The van der Waals surface area contributed by atoms with E-state index in [9.17, 15) is 5.11 Å². The Hall–Kier alpha value is -2.67. The number of aliphatic hydroxyl groups is 1. The lowest BCUT2D eigenvalue weighted by Crippen LogP contribution is -2.48. The molecule has 1 fully saturated rings. The van der Waals surface area contributed by atoms with Crippen molar-refractivity contribution in [3.8, 4) is 11.5 Å². The van der Waals surface area contributed by atoms with E-state index in [1.165, 1.54) is 0 Å². The molecule has 0 spiro atoms. The minimum Gasteiger partial charge on any atom is -0.493 e. The number of ether oxygens (including phenoxy) is 2. The summed E-state index contributed by atoms with van der Waals surface area (Å²) in [4.78, 5) is 8.83. The van der Waals surface area contributed by atoms with Gasteiger partial charge in [-0.25, -0.2) is 0 Å². The van der Waals surface area contributed by atoms with Crippen molar-refractivity contribution in [3.05, 3.63) is 66.4 Å². The summed E-state index contributed by atoms with van der Waals surface area (Å²) in [7, 11) is 4.15. The maximum Gasteiger partial charge on any atom is 0.127 e. The molecule has 0 bridgehead atoms. The van der Waals surface area contributed by atoms with Crippen molar-refractivity contribution in [2.75, 3.05) is 40.3 Å². The molecule has 2 atom stereocenters. The second kappa shape index (κ2) is 10.8. The zero-order chi connectivity index (χ0) is 22.3. The first-order valence-corrected chi connectivity index (χ1v) is 11.4. The van der Waals surface area contributed by atoms with Crippen LogP contribution in [0, 0.1) is 0 Å². The quantitative estimate of drug-likeness (QED) is 0.519. The van der Waals surface area contributed by atoms with Crippen LogP contribution in [0.1, 0.15) is 18.4 Å². The van der Waals surface area contributed by atoms with Gasteiger partial charge in [0.25, 0.3) is 0 Å². The third-order valence-electron chi connectivity index (χ3n) is 5.84. The van der Waals surface area contributed by atoms with E-state index in [-0.39, 0.29) is 6.10 Å². The number of hydrogen-bond acceptors (Lipinski definition) is 6. The average molecular weight is 436 g/mol. The van der Waals surface area contributed by atoms with Crippen molar-refractivity contribution >= 4 is 10.9 Å². The third kappa shape index (κ3) is 5.97. The minimum absolute atomic E-state index is 0.218. The first kappa shape index (κ1) is 22.5. The summed E-state index contributed by atoms with van der Waals surface area (Å²) in [5.74, 6) is 1.69. The van der Waals surface area contributed by atoms with Gasteiger partial charge in [0.1, 0.15) is 23.7 Å². The third-order valence-corrected chi connectivity index (χ3v) is 5.84. The highest BCUT2D eigenvalue weighted by Crippen LogP contribution is 2.25. The van der Waals surface area contributed by atoms with Gasteiger partial charge < -0.3 is 19.5 Å². The van der Waals surface area contributed by atoms with Crippen molar-refractivity contribution in [2.45, 2.75) is 31.6 Å². The number of hydrogen-bond donors (Lipinski definition) is 1. The molecule has 1 aliphatic rings. The number of likely N-dealkylation sites (tertiary alicyclic amines) is 1. The van der Waals surface area contributed by atoms with Crippen LogP contribution in [-0.4, -0.2) is 72.4 Å².